The van der Waals surface area contributed by atoms with E-state index in [1.807, 2.05) is 48.5 Å². The number of hydrogen-bond donors (Lipinski definition) is 2. The molecule has 7 heteroatoms. The Morgan fingerprint density at radius 1 is 0.833 bits per heavy atom. The Morgan fingerprint density at radius 3 is 2.20 bits per heavy atom. The van der Waals surface area contributed by atoms with Crippen molar-refractivity contribution in [1.82, 2.24) is 5.32 Å². The number of anilines is 1. The van der Waals surface area contributed by atoms with E-state index in [9.17, 15) is 4.79 Å². The van der Waals surface area contributed by atoms with Crippen molar-refractivity contribution in [2.45, 2.75) is 0 Å². The number of hydrogen-bond acceptors (Lipinski definition) is 5. The number of nitrogens with one attached hydrogen (secondary N) is 2. The van der Waals surface area contributed by atoms with Gasteiger partial charge in [0.05, 0.1) is 7.11 Å². The van der Waals surface area contributed by atoms with Crippen molar-refractivity contribution in [3.8, 4) is 17.2 Å². The Balaban J connectivity index is 1.46. The third-order valence-corrected chi connectivity index (χ3v) is 4.24. The van der Waals surface area contributed by atoms with Gasteiger partial charge in [-0.05, 0) is 60.7 Å². The molecule has 0 heterocycles. The zero-order valence-corrected chi connectivity index (χ0v) is 17.3. The zero-order valence-electron chi connectivity index (χ0n) is 16.5. The average molecular weight is 423 g/mol. The fraction of sp³-hybridized carbons (Fsp3) is 0.130. The number of thiocarbonyl (C=S) groups is 1. The summed E-state index contributed by atoms with van der Waals surface area (Å²) < 4.78 is 16.4. The van der Waals surface area contributed by atoms with Gasteiger partial charge in [-0.25, -0.2) is 0 Å². The molecule has 0 spiro atoms. The molecule has 0 atom stereocenters. The Kier molecular flexibility index (Phi) is 7.63. The molecule has 0 saturated carbocycles. The van der Waals surface area contributed by atoms with Crippen LogP contribution in [0.3, 0.4) is 0 Å². The van der Waals surface area contributed by atoms with Crippen molar-refractivity contribution < 1.29 is 19.0 Å². The van der Waals surface area contributed by atoms with Crippen molar-refractivity contribution in [2.24, 2.45) is 0 Å². The highest BCUT2D eigenvalue weighted by Crippen LogP contribution is 2.18. The molecule has 0 radical (unpaired) electrons. The van der Waals surface area contributed by atoms with Gasteiger partial charge in [-0.3, -0.25) is 10.1 Å². The van der Waals surface area contributed by atoms with E-state index in [0.29, 0.717) is 36.0 Å². The lowest BCUT2D eigenvalue weighted by Crippen LogP contribution is -2.34. The zero-order chi connectivity index (χ0) is 21.2. The lowest BCUT2D eigenvalue weighted by atomic mass is 10.2. The van der Waals surface area contributed by atoms with E-state index >= 15 is 0 Å². The first-order valence-corrected chi connectivity index (χ1v) is 9.72. The molecule has 0 aromatic heterocycles. The first-order chi connectivity index (χ1) is 14.6. The summed E-state index contributed by atoms with van der Waals surface area (Å²) in [6, 6.07) is 23.6. The van der Waals surface area contributed by atoms with Gasteiger partial charge in [0.25, 0.3) is 5.91 Å². The van der Waals surface area contributed by atoms with Crippen molar-refractivity contribution >= 4 is 28.9 Å². The number of benzene rings is 3. The van der Waals surface area contributed by atoms with E-state index in [-0.39, 0.29) is 11.0 Å². The van der Waals surface area contributed by atoms with Crippen molar-refractivity contribution in [1.29, 1.82) is 0 Å². The van der Waals surface area contributed by atoms with Crippen LogP contribution >= 0.6 is 12.2 Å². The van der Waals surface area contributed by atoms with E-state index in [1.165, 1.54) is 0 Å². The normalized spacial score (nSPS) is 10.0. The van der Waals surface area contributed by atoms with E-state index in [1.54, 1.807) is 37.4 Å². The third kappa shape index (κ3) is 6.49. The van der Waals surface area contributed by atoms with Gasteiger partial charge in [-0.15, -0.1) is 0 Å². The standard InChI is InChI=1S/C23H22N2O4S/c1-27-19-12-10-17(11-13-19)22(26)25-23(30)24-18-6-5-9-21(16-18)29-15-14-28-20-7-3-2-4-8-20/h2-13,16H,14-15H2,1H3,(H2,24,25,26,30). The van der Waals surface area contributed by atoms with Gasteiger partial charge in [0.1, 0.15) is 30.5 Å². The van der Waals surface area contributed by atoms with Crippen LogP contribution < -0.4 is 24.8 Å². The topological polar surface area (TPSA) is 68.8 Å². The van der Waals surface area contributed by atoms with E-state index < -0.39 is 0 Å². The second-order valence-electron chi connectivity index (χ2n) is 6.17. The van der Waals surface area contributed by atoms with Crippen LogP contribution in [0, 0.1) is 0 Å². The smallest absolute Gasteiger partial charge is 0.257 e. The molecular formula is C23H22N2O4S. The van der Waals surface area contributed by atoms with Gasteiger partial charge < -0.3 is 19.5 Å². The van der Waals surface area contributed by atoms with E-state index in [0.717, 1.165) is 5.75 Å². The fourth-order valence-electron chi connectivity index (χ4n) is 2.58. The van der Waals surface area contributed by atoms with Crippen molar-refractivity contribution in [2.75, 3.05) is 25.6 Å². The van der Waals surface area contributed by atoms with Crippen LogP contribution in [0.15, 0.2) is 78.9 Å². The Hall–Kier alpha value is -3.58. The second kappa shape index (κ2) is 10.8. The maximum Gasteiger partial charge on any atom is 0.257 e. The minimum absolute atomic E-state index is 0.195. The van der Waals surface area contributed by atoms with Crippen LogP contribution in [0.1, 0.15) is 10.4 Å². The molecule has 154 valence electrons. The van der Waals surface area contributed by atoms with Crippen LogP contribution in [0.2, 0.25) is 0 Å². The summed E-state index contributed by atoms with van der Waals surface area (Å²) in [7, 11) is 1.57. The third-order valence-electron chi connectivity index (χ3n) is 4.04. The van der Waals surface area contributed by atoms with Gasteiger partial charge in [0.2, 0.25) is 0 Å². The van der Waals surface area contributed by atoms with E-state index in [4.69, 9.17) is 26.4 Å². The molecule has 2 N–H and O–H groups in total. The average Bonchev–Trinajstić information content (AvgIpc) is 2.77. The summed E-state index contributed by atoms with van der Waals surface area (Å²) in [5.41, 5.74) is 1.19. The van der Waals surface area contributed by atoms with Gasteiger partial charge in [-0.1, -0.05) is 24.3 Å². The minimum atomic E-state index is -0.305. The quantitative estimate of drug-likeness (QED) is 0.417. The first kappa shape index (κ1) is 21.1. The predicted molar refractivity (Wildman–Crippen MR) is 121 cm³/mol. The van der Waals surface area contributed by atoms with Crippen LogP contribution in [0.4, 0.5) is 5.69 Å². The summed E-state index contributed by atoms with van der Waals surface area (Å²) in [6.45, 7) is 0.828. The van der Waals surface area contributed by atoms with Crippen LogP contribution in [0.25, 0.3) is 0 Å². The summed E-state index contributed by atoms with van der Waals surface area (Å²) in [6.07, 6.45) is 0. The number of methoxy groups -OCH3 is 1. The van der Waals surface area contributed by atoms with Crippen molar-refractivity contribution in [3.63, 3.8) is 0 Å². The number of carbonyl (C=O) groups is 1. The highest BCUT2D eigenvalue weighted by atomic mass is 32.1. The van der Waals surface area contributed by atoms with Crippen LogP contribution in [-0.2, 0) is 0 Å². The summed E-state index contributed by atoms with van der Waals surface area (Å²) in [4.78, 5) is 12.3. The molecule has 0 saturated heterocycles. The van der Waals surface area contributed by atoms with Crippen LogP contribution in [0.5, 0.6) is 17.2 Å². The molecule has 0 aliphatic rings. The van der Waals surface area contributed by atoms with Crippen molar-refractivity contribution in [3.05, 3.63) is 84.4 Å². The molecule has 0 bridgehead atoms. The van der Waals surface area contributed by atoms with E-state index in [2.05, 4.69) is 10.6 Å². The largest absolute Gasteiger partial charge is 0.497 e. The lowest BCUT2D eigenvalue weighted by Gasteiger charge is -2.12. The fourth-order valence-corrected chi connectivity index (χ4v) is 2.79. The summed E-state index contributed by atoms with van der Waals surface area (Å²) >= 11 is 5.24. The molecule has 6 nitrogen and oxygen atoms in total. The maximum atomic E-state index is 12.3. The first-order valence-electron chi connectivity index (χ1n) is 9.31. The Bertz CT molecular complexity index is 978. The highest BCUT2D eigenvalue weighted by molar-refractivity contribution is 7.80. The Labute approximate surface area is 180 Å². The SMILES string of the molecule is COc1ccc(C(=O)NC(=S)Nc2cccc(OCCOc3ccccc3)c2)cc1. The van der Waals surface area contributed by atoms with Gasteiger partial charge >= 0.3 is 0 Å². The van der Waals surface area contributed by atoms with Gasteiger partial charge in [-0.2, -0.15) is 0 Å². The number of carbonyl (C=O) groups excluding carboxylic acids is 1. The molecule has 0 aliphatic carbocycles. The molecule has 3 aromatic rings. The summed E-state index contributed by atoms with van der Waals surface area (Å²) in [5, 5.41) is 5.83. The number of amides is 1. The van der Waals surface area contributed by atoms with Gasteiger partial charge in [0.15, 0.2) is 5.11 Å². The molecule has 1 amide bonds. The van der Waals surface area contributed by atoms with Gasteiger partial charge in [0, 0.05) is 17.3 Å². The van der Waals surface area contributed by atoms with Crippen LogP contribution in [-0.4, -0.2) is 31.3 Å². The molecular weight excluding hydrogens is 400 g/mol. The molecule has 0 unspecified atom stereocenters. The monoisotopic (exact) mass is 422 g/mol. The lowest BCUT2D eigenvalue weighted by molar-refractivity contribution is 0.0977. The number of ether oxygens (including phenoxy) is 3. The minimum Gasteiger partial charge on any atom is -0.497 e. The molecule has 3 aromatic carbocycles. The highest BCUT2D eigenvalue weighted by Gasteiger charge is 2.08. The number of para-hydroxylation sites is 1. The summed E-state index contributed by atoms with van der Waals surface area (Å²) in [5.74, 6) is 1.84. The maximum absolute atomic E-state index is 12.3. The molecule has 3 rings (SSSR count). The predicted octanol–water partition coefficient (Wildman–Crippen LogP) is 4.28. The number of rotatable bonds is 8. The second-order valence-corrected chi connectivity index (χ2v) is 6.58. The molecule has 0 aliphatic heterocycles. The molecule has 30 heavy (non-hydrogen) atoms. The Morgan fingerprint density at radius 2 is 1.50 bits per heavy atom. The molecule has 0 fully saturated rings.